The number of nitrogens with zero attached hydrogens (tertiary/aromatic N) is 2. The first-order chi connectivity index (χ1) is 12.5. The van der Waals surface area contributed by atoms with E-state index in [1.165, 1.54) is 0 Å². The molecule has 0 aliphatic rings. The van der Waals surface area contributed by atoms with Gasteiger partial charge in [0.1, 0.15) is 11.3 Å². The maximum absolute atomic E-state index is 13.4. The number of pyridine rings is 1. The maximum Gasteiger partial charge on any atom is 0.224 e. The van der Waals surface area contributed by atoms with E-state index < -0.39 is 9.84 Å². The summed E-state index contributed by atoms with van der Waals surface area (Å²) in [6, 6.07) is 20.1. The van der Waals surface area contributed by atoms with Crippen molar-refractivity contribution >= 4 is 15.5 Å². The van der Waals surface area contributed by atoms with E-state index in [2.05, 4.69) is 4.98 Å². The fourth-order valence-electron chi connectivity index (χ4n) is 2.99. The van der Waals surface area contributed by atoms with Crippen molar-refractivity contribution in [2.75, 3.05) is 0 Å². The smallest absolute Gasteiger partial charge is 0.224 e. The standard InChI is InChI=1S/C21H18N2O2S/c1-15-8-10-18(11-9-15)26(24,25)21-20(17-6-4-3-5-7-17)22-19-14-16(2)12-13-23(19)21/h3-14H,1-2H3. The molecule has 130 valence electrons. The van der Waals surface area contributed by atoms with Crippen molar-refractivity contribution in [2.24, 2.45) is 0 Å². The Kier molecular flexibility index (Phi) is 3.89. The molecule has 0 spiro atoms. The van der Waals surface area contributed by atoms with E-state index in [0.717, 1.165) is 16.7 Å². The number of aromatic nitrogens is 2. The first-order valence-corrected chi connectivity index (χ1v) is 9.81. The van der Waals surface area contributed by atoms with Crippen LogP contribution < -0.4 is 0 Å². The normalized spacial score (nSPS) is 11.8. The zero-order chi connectivity index (χ0) is 18.3. The van der Waals surface area contributed by atoms with Gasteiger partial charge in [-0.3, -0.25) is 4.40 Å². The minimum atomic E-state index is -3.73. The van der Waals surface area contributed by atoms with Gasteiger partial charge in [0.25, 0.3) is 0 Å². The Bertz CT molecular complexity index is 1190. The van der Waals surface area contributed by atoms with E-state index in [9.17, 15) is 8.42 Å². The molecule has 0 aliphatic carbocycles. The molecule has 26 heavy (non-hydrogen) atoms. The summed E-state index contributed by atoms with van der Waals surface area (Å²) in [6.45, 7) is 3.90. The molecule has 0 aliphatic heterocycles. The quantitative estimate of drug-likeness (QED) is 0.541. The third-order valence-corrected chi connectivity index (χ3v) is 6.16. The molecule has 2 heterocycles. The van der Waals surface area contributed by atoms with Crippen LogP contribution in [0.25, 0.3) is 16.9 Å². The summed E-state index contributed by atoms with van der Waals surface area (Å²) < 4.78 is 28.5. The first-order valence-electron chi connectivity index (χ1n) is 8.33. The van der Waals surface area contributed by atoms with E-state index in [0.29, 0.717) is 11.3 Å². The van der Waals surface area contributed by atoms with Gasteiger partial charge in [0, 0.05) is 11.8 Å². The van der Waals surface area contributed by atoms with Gasteiger partial charge in [-0.2, -0.15) is 0 Å². The lowest BCUT2D eigenvalue weighted by atomic mass is 10.2. The van der Waals surface area contributed by atoms with Gasteiger partial charge in [0.2, 0.25) is 9.84 Å². The number of hydrogen-bond acceptors (Lipinski definition) is 3. The van der Waals surface area contributed by atoms with E-state index in [4.69, 9.17) is 0 Å². The Morgan fingerprint density at radius 3 is 2.23 bits per heavy atom. The molecule has 4 nitrogen and oxygen atoms in total. The SMILES string of the molecule is Cc1ccc(S(=O)(=O)c2c(-c3ccccc3)nc3cc(C)ccn23)cc1. The Hall–Kier alpha value is -2.92. The predicted molar refractivity (Wildman–Crippen MR) is 102 cm³/mol. The second-order valence-corrected chi connectivity index (χ2v) is 8.25. The van der Waals surface area contributed by atoms with Crippen molar-refractivity contribution in [1.29, 1.82) is 0 Å². The summed E-state index contributed by atoms with van der Waals surface area (Å²) in [6.07, 6.45) is 1.77. The molecule has 0 fully saturated rings. The molecule has 0 bridgehead atoms. The molecule has 0 N–H and O–H groups in total. The highest BCUT2D eigenvalue weighted by molar-refractivity contribution is 7.91. The number of sulfone groups is 1. The van der Waals surface area contributed by atoms with Gasteiger partial charge < -0.3 is 0 Å². The van der Waals surface area contributed by atoms with E-state index in [-0.39, 0.29) is 9.92 Å². The number of benzene rings is 2. The van der Waals surface area contributed by atoms with Crippen LogP contribution in [0.2, 0.25) is 0 Å². The highest BCUT2D eigenvalue weighted by Gasteiger charge is 2.27. The fourth-order valence-corrected chi connectivity index (χ4v) is 4.54. The van der Waals surface area contributed by atoms with Crippen LogP contribution in [-0.4, -0.2) is 17.8 Å². The summed E-state index contributed by atoms with van der Waals surface area (Å²) in [5.74, 6) is 0. The Morgan fingerprint density at radius 2 is 1.54 bits per heavy atom. The lowest BCUT2D eigenvalue weighted by Crippen LogP contribution is -2.07. The molecule has 2 aromatic heterocycles. The van der Waals surface area contributed by atoms with Crippen LogP contribution in [0, 0.1) is 13.8 Å². The van der Waals surface area contributed by atoms with Crippen LogP contribution in [0.5, 0.6) is 0 Å². The van der Waals surface area contributed by atoms with Crippen LogP contribution in [-0.2, 0) is 9.84 Å². The first kappa shape index (κ1) is 16.5. The number of hydrogen-bond donors (Lipinski definition) is 0. The van der Waals surface area contributed by atoms with Crippen LogP contribution in [0.4, 0.5) is 0 Å². The van der Waals surface area contributed by atoms with Crippen LogP contribution in [0.3, 0.4) is 0 Å². The Balaban J connectivity index is 2.06. The molecule has 5 heteroatoms. The minimum Gasteiger partial charge on any atom is -0.290 e. The van der Waals surface area contributed by atoms with Gasteiger partial charge in [0.05, 0.1) is 4.90 Å². The average molecular weight is 362 g/mol. The van der Waals surface area contributed by atoms with Crippen LogP contribution in [0.15, 0.2) is 82.8 Å². The van der Waals surface area contributed by atoms with Crippen molar-refractivity contribution in [3.63, 3.8) is 0 Å². The second-order valence-electron chi connectivity index (χ2n) is 6.38. The van der Waals surface area contributed by atoms with Crippen LogP contribution in [0.1, 0.15) is 11.1 Å². The summed E-state index contributed by atoms with van der Waals surface area (Å²) in [5.41, 5.74) is 3.91. The fraction of sp³-hybridized carbons (Fsp3) is 0.0952. The number of fused-ring (bicyclic) bond motifs is 1. The lowest BCUT2D eigenvalue weighted by molar-refractivity contribution is 0.591. The summed E-state index contributed by atoms with van der Waals surface area (Å²) >= 11 is 0. The highest BCUT2D eigenvalue weighted by Crippen LogP contribution is 2.32. The number of aryl methyl sites for hydroxylation is 2. The molecule has 0 amide bonds. The second kappa shape index (κ2) is 6.11. The van der Waals surface area contributed by atoms with Gasteiger partial charge in [-0.15, -0.1) is 0 Å². The summed E-state index contributed by atoms with van der Waals surface area (Å²) in [5, 5.41) is 0.197. The molecule has 4 aromatic rings. The van der Waals surface area contributed by atoms with Gasteiger partial charge in [-0.05, 0) is 43.7 Å². The van der Waals surface area contributed by atoms with Crippen molar-refractivity contribution in [1.82, 2.24) is 9.38 Å². The average Bonchev–Trinajstić information content (AvgIpc) is 3.02. The zero-order valence-electron chi connectivity index (χ0n) is 14.5. The monoisotopic (exact) mass is 362 g/mol. The maximum atomic E-state index is 13.4. The van der Waals surface area contributed by atoms with E-state index in [1.807, 2.05) is 68.4 Å². The molecule has 0 saturated carbocycles. The topological polar surface area (TPSA) is 51.4 Å². The van der Waals surface area contributed by atoms with Crippen molar-refractivity contribution < 1.29 is 8.42 Å². The third kappa shape index (κ3) is 2.70. The van der Waals surface area contributed by atoms with Gasteiger partial charge in [0.15, 0.2) is 5.03 Å². The van der Waals surface area contributed by atoms with Crippen molar-refractivity contribution in [2.45, 2.75) is 23.8 Å². The molecule has 0 saturated heterocycles. The Labute approximate surface area is 152 Å². The lowest BCUT2D eigenvalue weighted by Gasteiger charge is -2.08. The highest BCUT2D eigenvalue weighted by atomic mass is 32.2. The number of rotatable bonds is 3. The van der Waals surface area contributed by atoms with Crippen molar-refractivity contribution in [3.8, 4) is 11.3 Å². The van der Waals surface area contributed by atoms with E-state index in [1.54, 1.807) is 22.7 Å². The zero-order valence-corrected chi connectivity index (χ0v) is 15.4. The van der Waals surface area contributed by atoms with Crippen molar-refractivity contribution in [3.05, 3.63) is 84.1 Å². The molecule has 4 rings (SSSR count). The summed E-state index contributed by atoms with van der Waals surface area (Å²) in [7, 11) is -3.73. The number of imidazole rings is 1. The molecule has 2 aromatic carbocycles. The Morgan fingerprint density at radius 1 is 0.846 bits per heavy atom. The molecular formula is C21H18N2O2S. The molecule has 0 atom stereocenters. The summed E-state index contributed by atoms with van der Waals surface area (Å²) in [4.78, 5) is 4.90. The molecular weight excluding hydrogens is 344 g/mol. The molecule has 0 radical (unpaired) electrons. The largest absolute Gasteiger partial charge is 0.290 e. The third-order valence-electron chi connectivity index (χ3n) is 4.37. The minimum absolute atomic E-state index is 0.197. The van der Waals surface area contributed by atoms with Gasteiger partial charge >= 0.3 is 0 Å². The van der Waals surface area contributed by atoms with E-state index >= 15 is 0 Å². The molecule has 0 unspecified atom stereocenters. The van der Waals surface area contributed by atoms with Crippen LogP contribution >= 0.6 is 0 Å². The predicted octanol–water partition coefficient (Wildman–Crippen LogP) is 4.45. The van der Waals surface area contributed by atoms with Gasteiger partial charge in [-0.1, -0.05) is 48.0 Å². The van der Waals surface area contributed by atoms with Gasteiger partial charge in [-0.25, -0.2) is 13.4 Å².